The van der Waals surface area contributed by atoms with E-state index in [2.05, 4.69) is 4.74 Å². The molecule has 122 valence electrons. The summed E-state index contributed by atoms with van der Waals surface area (Å²) in [4.78, 5) is 10.6. The number of benzene rings is 2. The van der Waals surface area contributed by atoms with Crippen LogP contribution in [0, 0.1) is 5.82 Å². The van der Waals surface area contributed by atoms with E-state index >= 15 is 0 Å². The zero-order valence-corrected chi connectivity index (χ0v) is 12.1. The van der Waals surface area contributed by atoms with Gasteiger partial charge in [0.25, 0.3) is 0 Å². The molecule has 0 heterocycles. The third-order valence-corrected chi connectivity index (χ3v) is 2.95. The van der Waals surface area contributed by atoms with E-state index in [4.69, 9.17) is 16.3 Å². The fourth-order valence-electron chi connectivity index (χ4n) is 1.74. The predicted molar refractivity (Wildman–Crippen MR) is 74.3 cm³/mol. The van der Waals surface area contributed by atoms with Gasteiger partial charge in [-0.05, 0) is 29.8 Å². The Morgan fingerprint density at radius 3 is 2.48 bits per heavy atom. The Morgan fingerprint density at radius 2 is 1.87 bits per heavy atom. The van der Waals surface area contributed by atoms with Crippen molar-refractivity contribution in [3.8, 4) is 11.5 Å². The highest BCUT2D eigenvalue weighted by molar-refractivity contribution is 6.32. The SMILES string of the molecule is O=Cc1cc(F)cc(OCc2ccc(OC(F)(F)F)c(Cl)c2)c1. The summed E-state index contributed by atoms with van der Waals surface area (Å²) in [7, 11) is 0. The number of halogens is 5. The molecule has 0 atom stereocenters. The molecule has 0 aliphatic rings. The number of rotatable bonds is 5. The first-order valence-corrected chi connectivity index (χ1v) is 6.57. The molecule has 2 aromatic carbocycles. The summed E-state index contributed by atoms with van der Waals surface area (Å²) >= 11 is 5.70. The molecule has 0 fully saturated rings. The van der Waals surface area contributed by atoms with Crippen LogP contribution >= 0.6 is 11.6 Å². The van der Waals surface area contributed by atoms with Crippen molar-refractivity contribution in [2.24, 2.45) is 0 Å². The van der Waals surface area contributed by atoms with Gasteiger partial charge in [0.1, 0.15) is 30.2 Å². The van der Waals surface area contributed by atoms with Gasteiger partial charge < -0.3 is 9.47 Å². The number of carbonyl (C=O) groups excluding carboxylic acids is 1. The van der Waals surface area contributed by atoms with Crippen molar-refractivity contribution < 1.29 is 31.8 Å². The van der Waals surface area contributed by atoms with Crippen molar-refractivity contribution in [2.45, 2.75) is 13.0 Å². The standard InChI is InChI=1S/C15H9ClF4O3/c16-13-5-9(1-2-14(13)23-15(18,19)20)8-22-12-4-10(7-21)3-11(17)6-12/h1-7H,8H2. The lowest BCUT2D eigenvalue weighted by Gasteiger charge is -2.12. The van der Waals surface area contributed by atoms with Crippen molar-refractivity contribution >= 4 is 17.9 Å². The molecule has 0 saturated carbocycles. The maximum atomic E-state index is 13.2. The second-order valence-corrected chi connectivity index (χ2v) is 4.85. The molecular weight excluding hydrogens is 340 g/mol. The second kappa shape index (κ2) is 6.87. The third-order valence-electron chi connectivity index (χ3n) is 2.66. The zero-order valence-electron chi connectivity index (χ0n) is 11.4. The number of hydrogen-bond acceptors (Lipinski definition) is 3. The summed E-state index contributed by atoms with van der Waals surface area (Å²) in [5, 5.41) is -0.240. The van der Waals surface area contributed by atoms with Crippen LogP contribution in [0.25, 0.3) is 0 Å². The van der Waals surface area contributed by atoms with Crippen LogP contribution in [0.3, 0.4) is 0 Å². The molecule has 23 heavy (non-hydrogen) atoms. The van der Waals surface area contributed by atoms with E-state index in [-0.39, 0.29) is 22.9 Å². The van der Waals surface area contributed by atoms with Crippen LogP contribution in [0.2, 0.25) is 5.02 Å². The van der Waals surface area contributed by atoms with E-state index in [1.807, 2.05) is 0 Å². The third kappa shape index (κ3) is 5.14. The first-order chi connectivity index (χ1) is 10.8. The summed E-state index contributed by atoms with van der Waals surface area (Å²) < 4.78 is 58.7. The molecule has 0 saturated heterocycles. The van der Waals surface area contributed by atoms with Crippen molar-refractivity contribution in [2.75, 3.05) is 0 Å². The Bertz CT molecular complexity index is 716. The molecule has 8 heteroatoms. The van der Waals surface area contributed by atoms with E-state index in [0.717, 1.165) is 18.2 Å². The monoisotopic (exact) mass is 348 g/mol. The summed E-state index contributed by atoms with van der Waals surface area (Å²) in [6, 6.07) is 7.07. The lowest BCUT2D eigenvalue weighted by molar-refractivity contribution is -0.274. The Labute approximate surface area is 133 Å². The Hall–Kier alpha value is -2.28. The van der Waals surface area contributed by atoms with Gasteiger partial charge in [0.2, 0.25) is 0 Å². The van der Waals surface area contributed by atoms with Crippen molar-refractivity contribution in [3.05, 3.63) is 58.4 Å². The number of alkyl halides is 3. The van der Waals surface area contributed by atoms with Crippen LogP contribution in [0.1, 0.15) is 15.9 Å². The molecule has 2 rings (SSSR count). The minimum Gasteiger partial charge on any atom is -0.489 e. The normalized spacial score (nSPS) is 11.2. The highest BCUT2D eigenvalue weighted by atomic mass is 35.5. The van der Waals surface area contributed by atoms with Gasteiger partial charge in [-0.2, -0.15) is 0 Å². The van der Waals surface area contributed by atoms with Gasteiger partial charge >= 0.3 is 6.36 Å². The van der Waals surface area contributed by atoms with E-state index in [1.165, 1.54) is 18.2 Å². The van der Waals surface area contributed by atoms with Crippen molar-refractivity contribution in [1.29, 1.82) is 0 Å². The lowest BCUT2D eigenvalue weighted by Crippen LogP contribution is -2.17. The topological polar surface area (TPSA) is 35.5 Å². The van der Waals surface area contributed by atoms with Gasteiger partial charge in [0.05, 0.1) is 5.02 Å². The number of ether oxygens (including phenoxy) is 2. The van der Waals surface area contributed by atoms with Gasteiger partial charge in [-0.3, -0.25) is 4.79 Å². The van der Waals surface area contributed by atoms with Gasteiger partial charge in [0, 0.05) is 11.6 Å². The second-order valence-electron chi connectivity index (χ2n) is 4.44. The molecule has 0 aliphatic heterocycles. The van der Waals surface area contributed by atoms with E-state index in [1.54, 1.807) is 0 Å². The maximum Gasteiger partial charge on any atom is 0.573 e. The molecule has 0 bridgehead atoms. The van der Waals surface area contributed by atoms with Crippen LogP contribution in [0.4, 0.5) is 17.6 Å². The van der Waals surface area contributed by atoms with E-state index < -0.39 is 17.9 Å². The lowest BCUT2D eigenvalue weighted by atomic mass is 10.2. The Morgan fingerprint density at radius 1 is 1.13 bits per heavy atom. The fraction of sp³-hybridized carbons (Fsp3) is 0.133. The number of hydrogen-bond donors (Lipinski definition) is 0. The Kier molecular flexibility index (Phi) is 5.10. The molecule has 0 amide bonds. The zero-order chi connectivity index (χ0) is 17.0. The first kappa shape index (κ1) is 17.1. The van der Waals surface area contributed by atoms with Gasteiger partial charge in [-0.25, -0.2) is 4.39 Å². The molecule has 0 N–H and O–H groups in total. The average molecular weight is 349 g/mol. The van der Waals surface area contributed by atoms with Crippen LogP contribution in [0.15, 0.2) is 36.4 Å². The molecule has 0 spiro atoms. The smallest absolute Gasteiger partial charge is 0.489 e. The summed E-state index contributed by atoms with van der Waals surface area (Å²) in [6.45, 7) is -0.0756. The Balaban J connectivity index is 2.08. The van der Waals surface area contributed by atoms with E-state index in [9.17, 15) is 22.4 Å². The molecule has 0 unspecified atom stereocenters. The summed E-state index contributed by atoms with van der Waals surface area (Å²) in [5.74, 6) is -1.06. The first-order valence-electron chi connectivity index (χ1n) is 6.19. The quantitative estimate of drug-likeness (QED) is 0.577. The van der Waals surface area contributed by atoms with Crippen LogP contribution < -0.4 is 9.47 Å². The van der Waals surface area contributed by atoms with Gasteiger partial charge in [-0.1, -0.05) is 17.7 Å². The number of aldehydes is 1. The largest absolute Gasteiger partial charge is 0.573 e. The molecule has 0 aromatic heterocycles. The molecule has 0 aliphatic carbocycles. The molecule has 0 radical (unpaired) electrons. The van der Waals surface area contributed by atoms with Crippen LogP contribution in [0.5, 0.6) is 11.5 Å². The van der Waals surface area contributed by atoms with Crippen molar-refractivity contribution in [1.82, 2.24) is 0 Å². The predicted octanol–water partition coefficient (Wildman–Crippen LogP) is 4.77. The van der Waals surface area contributed by atoms with E-state index in [0.29, 0.717) is 11.8 Å². The summed E-state index contributed by atoms with van der Waals surface area (Å²) in [5.41, 5.74) is 0.549. The minimum absolute atomic E-state index is 0.0756. The molecular formula is C15H9ClF4O3. The van der Waals surface area contributed by atoms with Gasteiger partial charge in [0.15, 0.2) is 0 Å². The molecule has 2 aromatic rings. The van der Waals surface area contributed by atoms with Gasteiger partial charge in [-0.15, -0.1) is 13.2 Å². The average Bonchev–Trinajstić information content (AvgIpc) is 2.46. The highest BCUT2D eigenvalue weighted by Crippen LogP contribution is 2.31. The summed E-state index contributed by atoms with van der Waals surface area (Å²) in [6.07, 6.45) is -4.37. The maximum absolute atomic E-state index is 13.2. The highest BCUT2D eigenvalue weighted by Gasteiger charge is 2.32. The molecule has 3 nitrogen and oxygen atoms in total. The van der Waals surface area contributed by atoms with Crippen LogP contribution in [-0.4, -0.2) is 12.6 Å². The van der Waals surface area contributed by atoms with Crippen molar-refractivity contribution in [3.63, 3.8) is 0 Å². The number of carbonyl (C=O) groups is 1. The van der Waals surface area contributed by atoms with Crippen LogP contribution in [-0.2, 0) is 6.61 Å². The fourth-order valence-corrected chi connectivity index (χ4v) is 1.99. The minimum atomic E-state index is -4.84.